The lowest BCUT2D eigenvalue weighted by Crippen LogP contribution is -2.41. The molecule has 1 aliphatic rings. The quantitative estimate of drug-likeness (QED) is 0.878. The van der Waals surface area contributed by atoms with Gasteiger partial charge in [0.2, 0.25) is 5.91 Å². The summed E-state index contributed by atoms with van der Waals surface area (Å²) in [4.78, 5) is 25.4. The van der Waals surface area contributed by atoms with Crippen LogP contribution in [0.4, 0.5) is 5.69 Å². The smallest absolute Gasteiger partial charge is 0.254 e. The Bertz CT molecular complexity index is 695. The van der Waals surface area contributed by atoms with Gasteiger partial charge >= 0.3 is 0 Å². The third-order valence-corrected chi connectivity index (χ3v) is 4.36. The molecule has 0 radical (unpaired) electrons. The summed E-state index contributed by atoms with van der Waals surface area (Å²) >= 11 is 0. The van der Waals surface area contributed by atoms with E-state index in [1.807, 2.05) is 24.3 Å². The molecule has 1 aromatic heterocycles. The Morgan fingerprint density at radius 1 is 1.25 bits per heavy atom. The fraction of sp³-hybridized carbons (Fsp3) is 0.333. The number of carbonyl (C=O) groups is 2. The second-order valence-electron chi connectivity index (χ2n) is 6.05. The van der Waals surface area contributed by atoms with Crippen molar-refractivity contribution in [3.8, 4) is 0 Å². The molecule has 1 aliphatic heterocycles. The van der Waals surface area contributed by atoms with Crippen molar-refractivity contribution in [1.29, 1.82) is 0 Å². The molecule has 126 valence electrons. The van der Waals surface area contributed by atoms with E-state index in [-0.39, 0.29) is 17.7 Å². The van der Waals surface area contributed by atoms with Gasteiger partial charge in [-0.3, -0.25) is 9.59 Å². The number of primary amides is 1. The van der Waals surface area contributed by atoms with Gasteiger partial charge in [0.25, 0.3) is 5.91 Å². The normalized spacial score (nSPS) is 17.5. The molecule has 2 amide bonds. The summed E-state index contributed by atoms with van der Waals surface area (Å²) in [5.74, 6) is -0.459. The predicted octanol–water partition coefficient (Wildman–Crippen LogP) is 1.91. The first-order valence-corrected chi connectivity index (χ1v) is 8.07. The zero-order chi connectivity index (χ0) is 16.9. The summed E-state index contributed by atoms with van der Waals surface area (Å²) in [5.41, 5.74) is 8.03. The number of benzene rings is 1. The van der Waals surface area contributed by atoms with Gasteiger partial charge in [-0.25, -0.2) is 0 Å². The van der Waals surface area contributed by atoms with Crippen molar-refractivity contribution in [2.45, 2.75) is 19.4 Å². The Balaban J connectivity index is 1.57. The van der Waals surface area contributed by atoms with E-state index in [4.69, 9.17) is 10.2 Å². The number of nitrogens with two attached hydrogens (primary N) is 1. The largest absolute Gasteiger partial charge is 0.472 e. The Morgan fingerprint density at radius 3 is 2.71 bits per heavy atom. The van der Waals surface area contributed by atoms with Crippen LogP contribution in [0.1, 0.15) is 28.8 Å². The van der Waals surface area contributed by atoms with Gasteiger partial charge in [-0.15, -0.1) is 0 Å². The lowest BCUT2D eigenvalue weighted by atomic mass is 9.97. The Hall–Kier alpha value is -2.76. The van der Waals surface area contributed by atoms with Gasteiger partial charge in [0.05, 0.1) is 17.7 Å². The van der Waals surface area contributed by atoms with Crippen LogP contribution < -0.4 is 16.0 Å². The molecule has 24 heavy (non-hydrogen) atoms. The Labute approximate surface area is 140 Å². The van der Waals surface area contributed by atoms with Crippen molar-refractivity contribution >= 4 is 17.5 Å². The highest BCUT2D eigenvalue weighted by atomic mass is 16.3. The highest BCUT2D eigenvalue weighted by molar-refractivity contribution is 5.93. The van der Waals surface area contributed by atoms with E-state index in [1.165, 1.54) is 12.5 Å². The van der Waals surface area contributed by atoms with Crippen LogP contribution in [0.5, 0.6) is 0 Å². The van der Waals surface area contributed by atoms with Gasteiger partial charge in [-0.1, -0.05) is 12.1 Å². The van der Waals surface area contributed by atoms with Crippen molar-refractivity contribution in [1.82, 2.24) is 5.32 Å². The number of piperidine rings is 1. The standard InChI is InChI=1S/C18H21N3O3/c19-17(22)14-2-1-8-21(11-14)16-5-3-13(4-6-16)10-20-18(23)15-7-9-24-12-15/h3-7,9,12,14H,1-2,8,10-11H2,(H2,19,22)(H,20,23)/t14-/m0/s1. The van der Waals surface area contributed by atoms with Gasteiger partial charge in [0.1, 0.15) is 6.26 Å². The van der Waals surface area contributed by atoms with Gasteiger partial charge in [-0.2, -0.15) is 0 Å². The van der Waals surface area contributed by atoms with Gasteiger partial charge in [0.15, 0.2) is 0 Å². The van der Waals surface area contributed by atoms with Crippen LogP contribution in [0.3, 0.4) is 0 Å². The molecule has 6 heteroatoms. The first kappa shape index (κ1) is 16.1. The summed E-state index contributed by atoms with van der Waals surface area (Å²) in [7, 11) is 0. The highest BCUT2D eigenvalue weighted by Crippen LogP contribution is 2.23. The third kappa shape index (κ3) is 3.76. The Kier molecular flexibility index (Phi) is 4.84. The zero-order valence-corrected chi connectivity index (χ0v) is 13.4. The lowest BCUT2D eigenvalue weighted by Gasteiger charge is -2.33. The van der Waals surface area contributed by atoms with Gasteiger partial charge in [-0.05, 0) is 36.6 Å². The molecule has 3 rings (SSSR count). The number of anilines is 1. The van der Waals surface area contributed by atoms with Gasteiger partial charge < -0.3 is 20.4 Å². The number of amides is 2. The molecular weight excluding hydrogens is 306 g/mol. The number of carbonyl (C=O) groups excluding carboxylic acids is 2. The molecule has 0 saturated carbocycles. The minimum Gasteiger partial charge on any atom is -0.472 e. The second kappa shape index (κ2) is 7.21. The molecule has 0 aliphatic carbocycles. The van der Waals surface area contributed by atoms with E-state index in [0.717, 1.165) is 30.6 Å². The first-order valence-electron chi connectivity index (χ1n) is 8.07. The zero-order valence-electron chi connectivity index (χ0n) is 13.4. The van der Waals surface area contributed by atoms with Crippen LogP contribution in [0.15, 0.2) is 47.3 Å². The topological polar surface area (TPSA) is 88.6 Å². The van der Waals surface area contributed by atoms with Crippen LogP contribution in [0, 0.1) is 5.92 Å². The van der Waals surface area contributed by atoms with E-state index in [0.29, 0.717) is 18.7 Å². The maximum Gasteiger partial charge on any atom is 0.254 e. The summed E-state index contributed by atoms with van der Waals surface area (Å²) in [6.07, 6.45) is 4.73. The SMILES string of the molecule is NC(=O)[C@H]1CCCN(c2ccc(CNC(=O)c3ccoc3)cc2)C1. The summed E-state index contributed by atoms with van der Waals surface area (Å²) in [5, 5.41) is 2.85. The molecule has 1 fully saturated rings. The van der Waals surface area contributed by atoms with Crippen LogP contribution in [0.2, 0.25) is 0 Å². The number of nitrogens with zero attached hydrogens (tertiary/aromatic N) is 1. The molecule has 0 spiro atoms. The lowest BCUT2D eigenvalue weighted by molar-refractivity contribution is -0.122. The number of rotatable bonds is 5. The van der Waals surface area contributed by atoms with E-state index < -0.39 is 0 Å². The maximum absolute atomic E-state index is 11.9. The van der Waals surface area contributed by atoms with Crippen molar-refractivity contribution in [3.05, 3.63) is 54.0 Å². The van der Waals surface area contributed by atoms with Crippen LogP contribution in [0.25, 0.3) is 0 Å². The van der Waals surface area contributed by atoms with Crippen LogP contribution in [-0.4, -0.2) is 24.9 Å². The molecule has 3 N–H and O–H groups in total. The molecule has 1 atom stereocenters. The molecule has 2 aromatic rings. The van der Waals surface area contributed by atoms with Crippen LogP contribution >= 0.6 is 0 Å². The van der Waals surface area contributed by atoms with E-state index in [2.05, 4.69) is 10.2 Å². The molecule has 0 bridgehead atoms. The van der Waals surface area contributed by atoms with E-state index >= 15 is 0 Å². The summed E-state index contributed by atoms with van der Waals surface area (Å²) in [6, 6.07) is 9.63. The van der Waals surface area contributed by atoms with Gasteiger partial charge in [0, 0.05) is 25.3 Å². The molecular formula is C18H21N3O3. The number of hydrogen-bond acceptors (Lipinski definition) is 4. The molecule has 1 aromatic carbocycles. The van der Waals surface area contributed by atoms with Crippen molar-refractivity contribution in [2.24, 2.45) is 11.7 Å². The monoisotopic (exact) mass is 327 g/mol. The number of hydrogen-bond donors (Lipinski definition) is 2. The summed E-state index contributed by atoms with van der Waals surface area (Å²) in [6.45, 7) is 2.06. The van der Waals surface area contributed by atoms with Crippen molar-refractivity contribution < 1.29 is 14.0 Å². The maximum atomic E-state index is 11.9. The van der Waals surface area contributed by atoms with E-state index in [1.54, 1.807) is 6.07 Å². The van der Waals surface area contributed by atoms with Crippen LogP contribution in [-0.2, 0) is 11.3 Å². The molecule has 0 unspecified atom stereocenters. The average molecular weight is 327 g/mol. The molecule has 6 nitrogen and oxygen atoms in total. The number of furan rings is 1. The highest BCUT2D eigenvalue weighted by Gasteiger charge is 2.24. The third-order valence-electron chi connectivity index (χ3n) is 4.36. The fourth-order valence-electron chi connectivity index (χ4n) is 2.95. The number of nitrogens with one attached hydrogen (secondary N) is 1. The van der Waals surface area contributed by atoms with Crippen molar-refractivity contribution in [2.75, 3.05) is 18.0 Å². The van der Waals surface area contributed by atoms with E-state index in [9.17, 15) is 9.59 Å². The summed E-state index contributed by atoms with van der Waals surface area (Å²) < 4.78 is 4.90. The fourth-order valence-corrected chi connectivity index (χ4v) is 2.95. The van der Waals surface area contributed by atoms with Crippen molar-refractivity contribution in [3.63, 3.8) is 0 Å². The molecule has 2 heterocycles. The first-order chi connectivity index (χ1) is 11.6. The minimum absolute atomic E-state index is 0.0762. The average Bonchev–Trinajstić information content (AvgIpc) is 3.15. The predicted molar refractivity (Wildman–Crippen MR) is 90.5 cm³/mol. The molecule has 1 saturated heterocycles. The minimum atomic E-state index is -0.224. The second-order valence-corrected chi connectivity index (χ2v) is 6.05. The Morgan fingerprint density at radius 2 is 2.04 bits per heavy atom.